The van der Waals surface area contributed by atoms with E-state index < -0.39 is 18.6 Å². The maximum atomic E-state index is 12.0. The van der Waals surface area contributed by atoms with E-state index in [1.165, 1.54) is 18.2 Å². The van der Waals surface area contributed by atoms with Crippen molar-refractivity contribution < 1.29 is 18.3 Å². The Morgan fingerprint density at radius 2 is 1.94 bits per heavy atom. The second kappa shape index (κ2) is 6.33. The molecule has 3 N–H and O–H groups in total. The van der Waals surface area contributed by atoms with Crippen molar-refractivity contribution in [2.45, 2.75) is 25.1 Å². The van der Waals surface area contributed by atoms with Gasteiger partial charge in [0.15, 0.2) is 0 Å². The molecule has 17 heavy (non-hydrogen) atoms. The van der Waals surface area contributed by atoms with Gasteiger partial charge in [0.25, 0.3) is 0 Å². The van der Waals surface area contributed by atoms with Crippen molar-refractivity contribution in [2.75, 3.05) is 0 Å². The minimum atomic E-state index is -4.21. The van der Waals surface area contributed by atoms with E-state index in [4.69, 9.17) is 22.4 Å². The van der Waals surface area contributed by atoms with Gasteiger partial charge in [-0.25, -0.2) is 0 Å². The van der Waals surface area contributed by atoms with Gasteiger partial charge in [-0.05, 0) is 24.1 Å². The summed E-state index contributed by atoms with van der Waals surface area (Å²) >= 11 is 5.62. The third-order valence-corrected chi connectivity index (χ3v) is 2.44. The van der Waals surface area contributed by atoms with Crippen LogP contribution in [0, 0.1) is 0 Å². The van der Waals surface area contributed by atoms with Gasteiger partial charge in [-0.3, -0.25) is 0 Å². The largest absolute Gasteiger partial charge is 0.506 e. The van der Waals surface area contributed by atoms with Crippen LogP contribution in [0.15, 0.2) is 18.2 Å². The number of halogens is 5. The van der Waals surface area contributed by atoms with Crippen LogP contribution in [0.25, 0.3) is 0 Å². The van der Waals surface area contributed by atoms with Crippen LogP contribution in [0.5, 0.6) is 5.75 Å². The van der Waals surface area contributed by atoms with Crippen LogP contribution in [0.1, 0.15) is 24.4 Å². The number of rotatable bonds is 3. The normalized spacial score (nSPS) is 13.0. The molecule has 0 fully saturated rings. The average molecular weight is 290 g/mol. The molecule has 0 saturated heterocycles. The summed E-state index contributed by atoms with van der Waals surface area (Å²) in [5.74, 6) is -0.117. The Morgan fingerprint density at radius 3 is 2.41 bits per heavy atom. The van der Waals surface area contributed by atoms with E-state index in [1.54, 1.807) is 0 Å². The molecule has 7 heteroatoms. The minimum absolute atomic E-state index is 0. The molecule has 0 aliphatic heterocycles. The highest BCUT2D eigenvalue weighted by Gasteiger charge is 2.27. The summed E-state index contributed by atoms with van der Waals surface area (Å²) in [7, 11) is 0. The number of phenols is 1. The zero-order valence-electron chi connectivity index (χ0n) is 8.67. The van der Waals surface area contributed by atoms with Gasteiger partial charge in [-0.1, -0.05) is 17.7 Å². The first-order valence-corrected chi connectivity index (χ1v) is 4.98. The summed E-state index contributed by atoms with van der Waals surface area (Å²) in [6.07, 6.45) is -5.35. The molecule has 1 rings (SSSR count). The van der Waals surface area contributed by atoms with E-state index in [2.05, 4.69) is 0 Å². The Labute approximate surface area is 108 Å². The number of aromatic hydroxyl groups is 1. The average Bonchev–Trinajstić information content (AvgIpc) is 2.17. The van der Waals surface area contributed by atoms with E-state index in [-0.39, 0.29) is 29.6 Å². The van der Waals surface area contributed by atoms with Crippen molar-refractivity contribution >= 4 is 24.0 Å². The number of hydrogen-bond acceptors (Lipinski definition) is 2. The molecular weight excluding hydrogens is 278 g/mol. The predicted molar refractivity (Wildman–Crippen MR) is 62.6 cm³/mol. The van der Waals surface area contributed by atoms with Gasteiger partial charge in [0.2, 0.25) is 0 Å². The van der Waals surface area contributed by atoms with Crippen LogP contribution in [0.4, 0.5) is 13.2 Å². The molecule has 0 amide bonds. The van der Waals surface area contributed by atoms with Crippen molar-refractivity contribution in [2.24, 2.45) is 5.73 Å². The SMILES string of the molecule is Cl.N[C@@H](CCC(F)(F)F)c1ccc(O)c(Cl)c1. The maximum absolute atomic E-state index is 12.0. The molecule has 98 valence electrons. The van der Waals surface area contributed by atoms with Crippen LogP contribution in [-0.2, 0) is 0 Å². The fourth-order valence-electron chi connectivity index (χ4n) is 1.24. The van der Waals surface area contributed by atoms with Crippen LogP contribution in [0.2, 0.25) is 5.02 Å². The van der Waals surface area contributed by atoms with Crippen molar-refractivity contribution in [1.82, 2.24) is 0 Å². The monoisotopic (exact) mass is 289 g/mol. The van der Waals surface area contributed by atoms with E-state index >= 15 is 0 Å². The van der Waals surface area contributed by atoms with Gasteiger partial charge in [-0.2, -0.15) is 13.2 Å². The molecule has 0 aliphatic rings. The molecule has 1 aromatic rings. The fraction of sp³-hybridized carbons (Fsp3) is 0.400. The first-order valence-electron chi connectivity index (χ1n) is 4.60. The van der Waals surface area contributed by atoms with Crippen molar-refractivity contribution in [1.29, 1.82) is 0 Å². The fourth-order valence-corrected chi connectivity index (χ4v) is 1.43. The van der Waals surface area contributed by atoms with Crippen LogP contribution in [-0.4, -0.2) is 11.3 Å². The highest BCUT2D eigenvalue weighted by atomic mass is 35.5. The Hall–Kier alpha value is -0.650. The van der Waals surface area contributed by atoms with Gasteiger partial charge >= 0.3 is 6.18 Å². The number of hydrogen-bond donors (Lipinski definition) is 2. The molecule has 1 atom stereocenters. The third-order valence-electron chi connectivity index (χ3n) is 2.14. The Bertz CT molecular complexity index is 371. The second-order valence-corrected chi connectivity index (χ2v) is 3.88. The lowest BCUT2D eigenvalue weighted by Gasteiger charge is -2.14. The van der Waals surface area contributed by atoms with E-state index in [1.807, 2.05) is 0 Å². The van der Waals surface area contributed by atoms with E-state index in [9.17, 15) is 13.2 Å². The molecule has 1 aromatic carbocycles. The predicted octanol–water partition coefficient (Wildman–Crippen LogP) is 3.81. The number of benzene rings is 1. The van der Waals surface area contributed by atoms with Crippen molar-refractivity contribution in [3.63, 3.8) is 0 Å². The summed E-state index contributed by atoms with van der Waals surface area (Å²) in [6.45, 7) is 0. The summed E-state index contributed by atoms with van der Waals surface area (Å²) in [4.78, 5) is 0. The molecule has 0 saturated carbocycles. The van der Waals surface area contributed by atoms with E-state index in [0.29, 0.717) is 5.56 Å². The molecule has 0 aromatic heterocycles. The standard InChI is InChI=1S/C10H11ClF3NO.ClH/c11-7-5-6(1-2-9(7)16)8(15)3-4-10(12,13)14;/h1-2,5,8,16H,3-4,15H2;1H/t8-;/m0./s1. The maximum Gasteiger partial charge on any atom is 0.389 e. The van der Waals surface area contributed by atoms with Gasteiger partial charge < -0.3 is 10.8 Å². The van der Waals surface area contributed by atoms with Crippen LogP contribution in [0.3, 0.4) is 0 Å². The molecule has 0 unspecified atom stereocenters. The van der Waals surface area contributed by atoms with Crippen LogP contribution >= 0.6 is 24.0 Å². The molecular formula is C10H12Cl2F3NO. The van der Waals surface area contributed by atoms with Gasteiger partial charge in [-0.15, -0.1) is 12.4 Å². The molecule has 0 aliphatic carbocycles. The van der Waals surface area contributed by atoms with Crippen molar-refractivity contribution in [3.8, 4) is 5.75 Å². The second-order valence-electron chi connectivity index (χ2n) is 3.47. The first-order chi connectivity index (χ1) is 7.29. The number of phenolic OH excluding ortho intramolecular Hbond substituents is 1. The lowest BCUT2D eigenvalue weighted by molar-refractivity contribution is -0.136. The van der Waals surface area contributed by atoms with Crippen LogP contribution < -0.4 is 5.73 Å². The van der Waals surface area contributed by atoms with Gasteiger partial charge in [0, 0.05) is 12.5 Å². The molecule has 0 heterocycles. The lowest BCUT2D eigenvalue weighted by atomic mass is 10.0. The van der Waals surface area contributed by atoms with Gasteiger partial charge in [0.1, 0.15) is 5.75 Å². The molecule has 2 nitrogen and oxygen atoms in total. The first kappa shape index (κ1) is 16.4. The highest BCUT2D eigenvalue weighted by molar-refractivity contribution is 6.32. The quantitative estimate of drug-likeness (QED) is 0.889. The number of nitrogens with two attached hydrogens (primary N) is 1. The summed E-state index contributed by atoms with van der Waals surface area (Å²) < 4.78 is 35.9. The summed E-state index contributed by atoms with van der Waals surface area (Å²) in [5.41, 5.74) is 6.06. The summed E-state index contributed by atoms with van der Waals surface area (Å²) in [5, 5.41) is 9.22. The third kappa shape index (κ3) is 5.48. The smallest absolute Gasteiger partial charge is 0.389 e. The Morgan fingerprint density at radius 1 is 1.35 bits per heavy atom. The topological polar surface area (TPSA) is 46.2 Å². The van der Waals surface area contributed by atoms with Gasteiger partial charge in [0.05, 0.1) is 5.02 Å². The van der Waals surface area contributed by atoms with E-state index in [0.717, 1.165) is 0 Å². The molecule has 0 radical (unpaired) electrons. The zero-order chi connectivity index (χ0) is 12.3. The highest BCUT2D eigenvalue weighted by Crippen LogP contribution is 2.30. The zero-order valence-corrected chi connectivity index (χ0v) is 10.2. The number of alkyl halides is 3. The molecule has 0 spiro atoms. The lowest BCUT2D eigenvalue weighted by Crippen LogP contribution is -2.15. The Kier molecular flexibility index (Phi) is 6.09. The molecule has 0 bridgehead atoms. The minimum Gasteiger partial charge on any atom is -0.506 e. The summed E-state index contributed by atoms with van der Waals surface area (Å²) in [6, 6.07) is 3.41. The van der Waals surface area contributed by atoms with Crippen molar-refractivity contribution in [3.05, 3.63) is 28.8 Å². The Balaban J connectivity index is 0.00000256.